The zero-order valence-corrected chi connectivity index (χ0v) is 13.9. The van der Waals surface area contributed by atoms with Gasteiger partial charge >= 0.3 is 5.97 Å². The zero-order chi connectivity index (χ0) is 16.3. The van der Waals surface area contributed by atoms with Crippen LogP contribution >= 0.6 is 11.8 Å². The van der Waals surface area contributed by atoms with Crippen LogP contribution in [0, 0.1) is 0 Å². The number of carbonyl (C=O) groups is 1. The summed E-state index contributed by atoms with van der Waals surface area (Å²) >= 11 is 1.30. The van der Waals surface area contributed by atoms with Gasteiger partial charge in [-0.15, -0.1) is 10.2 Å². The van der Waals surface area contributed by atoms with Gasteiger partial charge in [-0.3, -0.25) is 19.0 Å². The van der Waals surface area contributed by atoms with Crippen molar-refractivity contribution in [3.8, 4) is 0 Å². The summed E-state index contributed by atoms with van der Waals surface area (Å²) < 4.78 is 6.87. The molecule has 0 saturated carbocycles. The average Bonchev–Trinajstić information content (AvgIpc) is 2.86. The van der Waals surface area contributed by atoms with Gasteiger partial charge in [0.2, 0.25) is 5.78 Å². The lowest BCUT2D eigenvalue weighted by molar-refractivity contribution is -0.142. The number of ether oxygens (including phenoxy) is 1. The number of fused-ring (bicyclic) bond motifs is 1. The first-order valence-corrected chi connectivity index (χ1v) is 8.17. The zero-order valence-electron chi connectivity index (χ0n) is 13.1. The topological polar surface area (TPSA) is 89.3 Å². The number of aromatic nitrogens is 4. The van der Waals surface area contributed by atoms with Gasteiger partial charge in [-0.25, -0.2) is 0 Å². The van der Waals surface area contributed by atoms with Gasteiger partial charge in [0.15, 0.2) is 5.16 Å². The Morgan fingerprint density at radius 2 is 2.14 bits per heavy atom. The maximum absolute atomic E-state index is 12.0. The number of nitrogens with one attached hydrogen (secondary N) is 1. The highest BCUT2D eigenvalue weighted by Crippen LogP contribution is 2.27. The van der Waals surface area contributed by atoms with Crippen molar-refractivity contribution < 1.29 is 9.53 Å². The maximum atomic E-state index is 12.0. The summed E-state index contributed by atoms with van der Waals surface area (Å²) in [6.45, 7) is 8.03. The van der Waals surface area contributed by atoms with Crippen LogP contribution in [-0.2, 0) is 9.53 Å². The molecule has 7 nitrogen and oxygen atoms in total. The van der Waals surface area contributed by atoms with E-state index in [1.165, 1.54) is 17.8 Å². The molecule has 0 aliphatic rings. The summed E-state index contributed by atoms with van der Waals surface area (Å²) in [6, 6.07) is 1.54. The number of carbonyl (C=O) groups excluding carboxylic acids is 1. The minimum atomic E-state index is -0.348. The Morgan fingerprint density at radius 1 is 1.41 bits per heavy atom. The number of hydrogen-bond donors (Lipinski definition) is 1. The lowest BCUT2D eigenvalue weighted by Crippen LogP contribution is -2.20. The molecule has 0 aromatic carbocycles. The summed E-state index contributed by atoms with van der Waals surface area (Å²) in [7, 11) is 0. The van der Waals surface area contributed by atoms with Gasteiger partial charge in [-0.2, -0.15) is 0 Å². The Bertz CT molecular complexity index is 722. The number of esters is 1. The van der Waals surface area contributed by atoms with Crippen molar-refractivity contribution in [1.29, 1.82) is 0 Å². The Morgan fingerprint density at radius 3 is 2.73 bits per heavy atom. The number of nitrogens with zero attached hydrogens (tertiary/aromatic N) is 3. The molecule has 0 aliphatic heterocycles. The molecule has 1 N–H and O–H groups in total. The third-order valence-corrected chi connectivity index (χ3v) is 4.45. The van der Waals surface area contributed by atoms with E-state index in [2.05, 4.69) is 15.2 Å². The van der Waals surface area contributed by atoms with Gasteiger partial charge in [-0.05, 0) is 19.3 Å². The van der Waals surface area contributed by atoms with Crippen molar-refractivity contribution in [2.24, 2.45) is 0 Å². The molecule has 2 heterocycles. The average molecular weight is 324 g/mol. The van der Waals surface area contributed by atoms with E-state index >= 15 is 0 Å². The highest BCUT2D eigenvalue weighted by atomic mass is 32.2. The van der Waals surface area contributed by atoms with Crippen LogP contribution in [0.4, 0.5) is 0 Å². The van der Waals surface area contributed by atoms with Crippen LogP contribution in [0.25, 0.3) is 5.78 Å². The van der Waals surface area contributed by atoms with Crippen LogP contribution in [0.15, 0.2) is 16.0 Å². The van der Waals surface area contributed by atoms with E-state index in [9.17, 15) is 9.59 Å². The highest BCUT2D eigenvalue weighted by molar-refractivity contribution is 8.00. The molecule has 8 heteroatoms. The molecule has 1 unspecified atom stereocenters. The number of H-pyrrole nitrogens is 1. The fraction of sp³-hybridized carbons (Fsp3) is 0.571. The number of hydrogen-bond acceptors (Lipinski definition) is 6. The molecular weight excluding hydrogens is 304 g/mol. The molecule has 22 heavy (non-hydrogen) atoms. The summed E-state index contributed by atoms with van der Waals surface area (Å²) in [5, 5.41) is 8.34. The molecule has 0 aliphatic carbocycles. The summed E-state index contributed by atoms with van der Waals surface area (Å²) in [4.78, 5) is 26.3. The van der Waals surface area contributed by atoms with Crippen LogP contribution in [0.3, 0.4) is 0 Å². The monoisotopic (exact) mass is 324 g/mol. The highest BCUT2D eigenvalue weighted by Gasteiger charge is 2.23. The molecule has 0 fully saturated rings. The van der Waals surface area contributed by atoms with Crippen molar-refractivity contribution in [3.63, 3.8) is 0 Å². The summed E-state index contributed by atoms with van der Waals surface area (Å²) in [6.07, 6.45) is 0.624. The van der Waals surface area contributed by atoms with Gasteiger partial charge in [0.1, 0.15) is 5.25 Å². The smallest absolute Gasteiger partial charge is 0.319 e. The largest absolute Gasteiger partial charge is 0.465 e. The van der Waals surface area contributed by atoms with Gasteiger partial charge in [0.05, 0.1) is 6.61 Å². The Kier molecular flexibility index (Phi) is 5.23. The molecule has 0 amide bonds. The van der Waals surface area contributed by atoms with Gasteiger partial charge in [0, 0.05) is 11.8 Å². The van der Waals surface area contributed by atoms with Crippen LogP contribution in [0.1, 0.15) is 45.7 Å². The second kappa shape index (κ2) is 6.95. The lowest BCUT2D eigenvalue weighted by atomic mass is 10.1. The SMILES string of the molecule is CCOC(=O)C(CC)Sc1nnc2[nH]c(=O)cc(C(C)C)n12. The van der Waals surface area contributed by atoms with E-state index in [1.807, 2.05) is 20.8 Å². The van der Waals surface area contributed by atoms with Crippen LogP contribution < -0.4 is 5.56 Å². The summed E-state index contributed by atoms with van der Waals surface area (Å²) in [5.41, 5.74) is 0.600. The molecule has 2 aromatic heterocycles. The third-order valence-electron chi connectivity index (χ3n) is 3.17. The summed E-state index contributed by atoms with van der Waals surface area (Å²) in [5.74, 6) is 0.252. The van der Waals surface area contributed by atoms with E-state index in [0.29, 0.717) is 24.0 Å². The van der Waals surface area contributed by atoms with Crippen molar-refractivity contribution in [2.45, 2.75) is 50.4 Å². The van der Waals surface area contributed by atoms with E-state index in [4.69, 9.17) is 4.74 Å². The van der Waals surface area contributed by atoms with Crippen molar-refractivity contribution in [1.82, 2.24) is 19.6 Å². The van der Waals surface area contributed by atoms with Gasteiger partial charge in [-0.1, -0.05) is 32.5 Å². The number of thioether (sulfide) groups is 1. The Balaban J connectivity index is 2.43. The van der Waals surface area contributed by atoms with E-state index in [1.54, 1.807) is 11.3 Å². The van der Waals surface area contributed by atoms with Crippen molar-refractivity contribution in [2.75, 3.05) is 6.61 Å². The normalized spacial score (nSPS) is 12.8. The minimum absolute atomic E-state index is 0.128. The third kappa shape index (κ3) is 3.32. The van der Waals surface area contributed by atoms with Crippen molar-refractivity contribution in [3.05, 3.63) is 22.1 Å². The first-order chi connectivity index (χ1) is 10.5. The molecule has 0 bridgehead atoms. The first kappa shape index (κ1) is 16.5. The molecule has 0 radical (unpaired) electrons. The molecule has 120 valence electrons. The second-order valence-corrected chi connectivity index (χ2v) is 6.29. The molecule has 1 atom stereocenters. The van der Waals surface area contributed by atoms with Crippen LogP contribution in [-0.4, -0.2) is 37.4 Å². The van der Waals surface area contributed by atoms with Gasteiger partial charge in [0.25, 0.3) is 5.56 Å². The molecule has 0 saturated heterocycles. The molecule has 2 rings (SSSR count). The van der Waals surface area contributed by atoms with E-state index < -0.39 is 0 Å². The molecule has 0 spiro atoms. The first-order valence-electron chi connectivity index (χ1n) is 7.29. The second-order valence-electron chi connectivity index (χ2n) is 5.12. The number of aromatic amines is 1. The van der Waals surface area contributed by atoms with E-state index in [-0.39, 0.29) is 22.7 Å². The lowest BCUT2D eigenvalue weighted by Gasteiger charge is -2.14. The number of rotatable bonds is 6. The Hall–Kier alpha value is -1.83. The molecular formula is C14H20N4O3S. The fourth-order valence-electron chi connectivity index (χ4n) is 2.09. The van der Waals surface area contributed by atoms with Crippen molar-refractivity contribution >= 4 is 23.5 Å². The fourth-order valence-corrected chi connectivity index (χ4v) is 3.06. The van der Waals surface area contributed by atoms with Crippen LogP contribution in [0.2, 0.25) is 0 Å². The molecule has 2 aromatic rings. The predicted molar refractivity (Wildman–Crippen MR) is 84.3 cm³/mol. The van der Waals surface area contributed by atoms with Gasteiger partial charge < -0.3 is 4.74 Å². The standard InChI is InChI=1S/C14H20N4O3S/c1-5-10(12(20)21-6-2)22-14-17-16-13-15-11(19)7-9(8(3)4)18(13)14/h7-8,10H,5-6H2,1-4H3,(H,15,16,19). The van der Waals surface area contributed by atoms with Crippen LogP contribution in [0.5, 0.6) is 0 Å². The van der Waals surface area contributed by atoms with E-state index in [0.717, 1.165) is 5.69 Å². The quantitative estimate of drug-likeness (QED) is 0.645. The minimum Gasteiger partial charge on any atom is -0.465 e. The Labute approximate surface area is 132 Å². The predicted octanol–water partition coefficient (Wildman–Crippen LogP) is 1.97. The maximum Gasteiger partial charge on any atom is 0.319 e.